The van der Waals surface area contributed by atoms with Gasteiger partial charge in [-0.3, -0.25) is 0 Å². The Morgan fingerprint density at radius 1 is 0.680 bits per heavy atom. The van der Waals surface area contributed by atoms with Crippen LogP contribution in [-0.2, 0) is 0 Å². The van der Waals surface area contributed by atoms with Crippen LogP contribution in [0.3, 0.4) is 0 Å². The summed E-state index contributed by atoms with van der Waals surface area (Å²) in [5.41, 5.74) is 4.42. The molecule has 0 amide bonds. The van der Waals surface area contributed by atoms with Gasteiger partial charge in [-0.15, -0.1) is 34.0 Å². The Balaban J connectivity index is 1.76. The van der Waals surface area contributed by atoms with E-state index in [2.05, 4.69) is 45.4 Å². The van der Waals surface area contributed by atoms with Gasteiger partial charge in [0.05, 0.1) is 9.75 Å². The van der Waals surface area contributed by atoms with E-state index in [0.29, 0.717) is 5.65 Å². The van der Waals surface area contributed by atoms with Crippen LogP contribution in [0, 0.1) is 0 Å². The molecule has 0 saturated carbocycles. The van der Waals surface area contributed by atoms with Crippen molar-refractivity contribution in [3.05, 3.63) is 64.8 Å². The molecule has 3 nitrogen and oxygen atoms in total. The first-order valence-electron chi connectivity index (χ1n) is 7.68. The Hall–Kier alpha value is -2.41. The topological polar surface area (TPSA) is 38.7 Å². The monoisotopic (exact) mass is 377 g/mol. The van der Waals surface area contributed by atoms with Crippen LogP contribution < -0.4 is 0 Å². The summed E-state index contributed by atoms with van der Waals surface area (Å²) >= 11 is 5.06. The molecule has 0 aromatic carbocycles. The van der Waals surface area contributed by atoms with Crippen molar-refractivity contribution in [2.24, 2.45) is 0 Å². The molecule has 0 spiro atoms. The molecule has 120 valence electrons. The third-order valence-electron chi connectivity index (χ3n) is 3.84. The van der Waals surface area contributed by atoms with E-state index >= 15 is 0 Å². The van der Waals surface area contributed by atoms with Crippen molar-refractivity contribution in [2.45, 2.75) is 0 Å². The molecule has 0 aliphatic carbocycles. The number of aromatic nitrogens is 3. The van der Waals surface area contributed by atoms with E-state index < -0.39 is 0 Å². The van der Waals surface area contributed by atoms with Gasteiger partial charge in [-0.1, -0.05) is 18.2 Å². The molecular weight excluding hydrogens is 366 g/mol. The van der Waals surface area contributed by atoms with E-state index in [9.17, 15) is 0 Å². The summed E-state index contributed by atoms with van der Waals surface area (Å²) in [4.78, 5) is 17.8. The first-order valence-corrected chi connectivity index (χ1v) is 10.3. The number of fused-ring (bicyclic) bond motifs is 1. The molecule has 0 saturated heterocycles. The molecule has 25 heavy (non-hydrogen) atoms. The van der Waals surface area contributed by atoms with Gasteiger partial charge in [0, 0.05) is 16.6 Å². The molecule has 0 aliphatic heterocycles. The summed E-state index contributed by atoms with van der Waals surface area (Å²) in [6.45, 7) is 0. The minimum Gasteiger partial charge on any atom is -0.241 e. The molecule has 5 aromatic heterocycles. The van der Waals surface area contributed by atoms with Crippen LogP contribution in [0.5, 0.6) is 0 Å². The Bertz CT molecular complexity index is 1130. The third kappa shape index (κ3) is 2.68. The van der Waals surface area contributed by atoms with Gasteiger partial charge < -0.3 is 0 Å². The fourth-order valence-electron chi connectivity index (χ4n) is 2.69. The Labute approximate surface area is 156 Å². The minimum absolute atomic E-state index is 0.684. The van der Waals surface area contributed by atoms with Crippen LogP contribution in [0.1, 0.15) is 0 Å². The van der Waals surface area contributed by atoms with Crippen LogP contribution in [0.15, 0.2) is 64.8 Å². The van der Waals surface area contributed by atoms with Gasteiger partial charge in [0.15, 0.2) is 5.65 Å². The molecule has 0 aliphatic rings. The highest BCUT2D eigenvalue weighted by Gasteiger charge is 2.16. The maximum Gasteiger partial charge on any atom is 0.178 e. The van der Waals surface area contributed by atoms with Crippen LogP contribution in [-0.4, -0.2) is 15.0 Å². The van der Waals surface area contributed by atoms with Crippen LogP contribution in [0.4, 0.5) is 0 Å². The summed E-state index contributed by atoms with van der Waals surface area (Å²) in [6, 6.07) is 14.5. The average Bonchev–Trinajstić information content (AvgIpc) is 3.43. The maximum atomic E-state index is 4.94. The third-order valence-corrected chi connectivity index (χ3v) is 6.51. The SMILES string of the molecule is c1csc(-c2cnc3nc(-c4cccs4)c(-c4cccs4)nc3c2)c1. The molecule has 6 heteroatoms. The highest BCUT2D eigenvalue weighted by molar-refractivity contribution is 7.14. The zero-order valence-electron chi connectivity index (χ0n) is 12.9. The summed E-state index contributed by atoms with van der Waals surface area (Å²) in [5, 5.41) is 6.20. The number of hydrogen-bond acceptors (Lipinski definition) is 6. The number of hydrogen-bond donors (Lipinski definition) is 0. The van der Waals surface area contributed by atoms with E-state index in [-0.39, 0.29) is 0 Å². The van der Waals surface area contributed by atoms with Crippen molar-refractivity contribution in [2.75, 3.05) is 0 Å². The average molecular weight is 378 g/mol. The standard InChI is InChI=1S/C19H11N3S3/c1-4-14(23-7-1)12-10-13-19(20-11-12)22-18(16-6-3-9-25-16)17(21-13)15-5-2-8-24-15/h1-11H. The van der Waals surface area contributed by atoms with Gasteiger partial charge in [-0.2, -0.15) is 0 Å². The van der Waals surface area contributed by atoms with E-state index in [0.717, 1.165) is 32.2 Å². The van der Waals surface area contributed by atoms with Crippen LogP contribution in [0.2, 0.25) is 0 Å². The Morgan fingerprint density at radius 3 is 1.88 bits per heavy atom. The molecule has 0 bridgehead atoms. The quantitative estimate of drug-likeness (QED) is 0.375. The van der Waals surface area contributed by atoms with Crippen molar-refractivity contribution in [3.63, 3.8) is 0 Å². The van der Waals surface area contributed by atoms with Crippen molar-refractivity contribution in [1.29, 1.82) is 0 Å². The second kappa shape index (κ2) is 6.15. The zero-order valence-corrected chi connectivity index (χ0v) is 15.4. The molecule has 0 fully saturated rings. The lowest BCUT2D eigenvalue weighted by Gasteiger charge is -2.07. The van der Waals surface area contributed by atoms with E-state index in [1.807, 2.05) is 24.4 Å². The molecule has 5 rings (SSSR count). The molecule has 0 atom stereocenters. The highest BCUT2D eigenvalue weighted by Crippen LogP contribution is 2.36. The normalized spacial score (nSPS) is 11.2. The van der Waals surface area contributed by atoms with E-state index in [1.54, 1.807) is 34.0 Å². The lowest BCUT2D eigenvalue weighted by molar-refractivity contribution is 1.24. The number of pyridine rings is 1. The van der Waals surface area contributed by atoms with Crippen LogP contribution in [0.25, 0.3) is 42.7 Å². The molecule has 0 N–H and O–H groups in total. The molecule has 5 heterocycles. The Morgan fingerprint density at radius 2 is 1.28 bits per heavy atom. The van der Waals surface area contributed by atoms with E-state index in [1.165, 1.54) is 4.88 Å². The summed E-state index contributed by atoms with van der Waals surface area (Å²) in [7, 11) is 0. The van der Waals surface area contributed by atoms with Crippen molar-refractivity contribution in [3.8, 4) is 31.6 Å². The van der Waals surface area contributed by atoms with Gasteiger partial charge in [0.2, 0.25) is 0 Å². The summed E-state index contributed by atoms with van der Waals surface area (Å²) < 4.78 is 0. The lowest BCUT2D eigenvalue weighted by atomic mass is 10.2. The highest BCUT2D eigenvalue weighted by atomic mass is 32.1. The summed E-state index contributed by atoms with van der Waals surface area (Å²) in [6.07, 6.45) is 1.88. The molecule has 0 unspecified atom stereocenters. The van der Waals surface area contributed by atoms with Crippen molar-refractivity contribution in [1.82, 2.24) is 15.0 Å². The number of nitrogens with zero attached hydrogens (tertiary/aromatic N) is 3. The largest absolute Gasteiger partial charge is 0.241 e. The number of thiophene rings is 3. The first-order chi connectivity index (χ1) is 12.4. The lowest BCUT2D eigenvalue weighted by Crippen LogP contribution is -1.95. The van der Waals surface area contributed by atoms with Crippen molar-refractivity contribution < 1.29 is 0 Å². The van der Waals surface area contributed by atoms with Gasteiger partial charge in [0.25, 0.3) is 0 Å². The first kappa shape index (κ1) is 14.9. The molecule has 5 aromatic rings. The summed E-state index contributed by atoms with van der Waals surface area (Å²) in [5.74, 6) is 0. The fraction of sp³-hybridized carbons (Fsp3) is 0. The van der Waals surface area contributed by atoms with Gasteiger partial charge in [-0.05, 0) is 40.4 Å². The smallest absolute Gasteiger partial charge is 0.178 e. The Kier molecular flexibility index (Phi) is 3.66. The van der Waals surface area contributed by atoms with Gasteiger partial charge in [0.1, 0.15) is 16.9 Å². The molecule has 0 radical (unpaired) electrons. The second-order valence-electron chi connectivity index (χ2n) is 5.42. The van der Waals surface area contributed by atoms with Crippen LogP contribution >= 0.6 is 34.0 Å². The van der Waals surface area contributed by atoms with Crippen molar-refractivity contribution >= 4 is 45.2 Å². The predicted molar refractivity (Wildman–Crippen MR) is 107 cm³/mol. The minimum atomic E-state index is 0.684. The molecular formula is C19H11N3S3. The fourth-order valence-corrected chi connectivity index (χ4v) is 4.83. The predicted octanol–water partition coefficient (Wildman–Crippen LogP) is 6.21. The number of rotatable bonds is 3. The maximum absolute atomic E-state index is 4.94. The van der Waals surface area contributed by atoms with Gasteiger partial charge in [-0.25, -0.2) is 15.0 Å². The van der Waals surface area contributed by atoms with E-state index in [4.69, 9.17) is 9.97 Å². The zero-order chi connectivity index (χ0) is 16.6. The second-order valence-corrected chi connectivity index (χ2v) is 8.26. The van der Waals surface area contributed by atoms with Gasteiger partial charge >= 0.3 is 0 Å².